The van der Waals surface area contributed by atoms with Crippen LogP contribution in [0.4, 0.5) is 4.79 Å². The van der Waals surface area contributed by atoms with Crippen molar-refractivity contribution in [1.82, 2.24) is 5.32 Å². The summed E-state index contributed by atoms with van der Waals surface area (Å²) >= 11 is 3.53. The topological polar surface area (TPSA) is 75.6 Å². The molecule has 6 heteroatoms. The summed E-state index contributed by atoms with van der Waals surface area (Å²) in [5.41, 5.74) is 6.78. The predicted molar refractivity (Wildman–Crippen MR) is 131 cm³/mol. The molecule has 170 valence electrons. The minimum absolute atomic E-state index is 0.0197. The van der Waals surface area contributed by atoms with E-state index in [9.17, 15) is 9.59 Å². The molecule has 1 amide bonds. The van der Waals surface area contributed by atoms with Crippen molar-refractivity contribution in [2.45, 2.75) is 38.1 Å². The molecule has 4 rings (SSSR count). The number of aryl methyl sites for hydroxylation is 1. The second-order valence-electron chi connectivity index (χ2n) is 8.39. The maximum atomic E-state index is 12.7. The standard InChI is InChI=1S/C27H26BrNO4/c1-17-10-11-18(15-25(17)28)14-19(12-13-26(30)31)29-27(32)33-16-24-22-8-4-2-6-20(22)21-7-3-5-9-23(21)24/h2-11,15,19,24H,12-14,16H2,1H3,(H,29,32)(H,30,31). The zero-order chi connectivity index (χ0) is 23.4. The Morgan fingerprint density at radius 3 is 2.27 bits per heavy atom. The van der Waals surface area contributed by atoms with Gasteiger partial charge in [0.2, 0.25) is 0 Å². The van der Waals surface area contributed by atoms with Gasteiger partial charge >= 0.3 is 12.1 Å². The van der Waals surface area contributed by atoms with Gasteiger partial charge in [0.1, 0.15) is 6.61 Å². The summed E-state index contributed by atoms with van der Waals surface area (Å²) in [6, 6.07) is 22.0. The lowest BCUT2D eigenvalue weighted by Crippen LogP contribution is -2.37. The lowest BCUT2D eigenvalue weighted by atomic mass is 9.98. The maximum absolute atomic E-state index is 12.7. The summed E-state index contributed by atoms with van der Waals surface area (Å²) in [5, 5.41) is 12.0. The zero-order valence-corrected chi connectivity index (χ0v) is 20.0. The van der Waals surface area contributed by atoms with E-state index in [4.69, 9.17) is 9.84 Å². The van der Waals surface area contributed by atoms with Crippen molar-refractivity contribution < 1.29 is 19.4 Å². The first-order valence-corrected chi connectivity index (χ1v) is 11.8. The number of hydrogen-bond donors (Lipinski definition) is 2. The van der Waals surface area contributed by atoms with E-state index >= 15 is 0 Å². The number of carbonyl (C=O) groups excluding carboxylic acids is 1. The zero-order valence-electron chi connectivity index (χ0n) is 18.4. The number of aliphatic carboxylic acids is 1. The molecule has 0 radical (unpaired) electrons. The highest BCUT2D eigenvalue weighted by Crippen LogP contribution is 2.44. The third kappa shape index (κ3) is 5.45. The van der Waals surface area contributed by atoms with Crippen molar-refractivity contribution in [3.8, 4) is 11.1 Å². The van der Waals surface area contributed by atoms with Gasteiger partial charge in [-0.2, -0.15) is 0 Å². The van der Waals surface area contributed by atoms with Gasteiger partial charge in [-0.25, -0.2) is 4.79 Å². The summed E-state index contributed by atoms with van der Waals surface area (Å²) in [6.45, 7) is 2.23. The van der Waals surface area contributed by atoms with E-state index in [1.807, 2.05) is 49.4 Å². The molecule has 2 N–H and O–H groups in total. The first-order chi connectivity index (χ1) is 15.9. The molecule has 3 aromatic carbocycles. The number of benzene rings is 3. The van der Waals surface area contributed by atoms with E-state index < -0.39 is 12.1 Å². The molecule has 0 saturated heterocycles. The maximum Gasteiger partial charge on any atom is 0.407 e. The van der Waals surface area contributed by atoms with Crippen LogP contribution in [0.15, 0.2) is 71.2 Å². The van der Waals surface area contributed by atoms with Crippen LogP contribution in [0.2, 0.25) is 0 Å². The number of carbonyl (C=O) groups is 2. The number of amides is 1. The van der Waals surface area contributed by atoms with Crippen molar-refractivity contribution in [1.29, 1.82) is 0 Å². The van der Waals surface area contributed by atoms with Gasteiger partial charge in [-0.1, -0.05) is 76.6 Å². The number of ether oxygens (including phenoxy) is 1. The molecular formula is C27H26BrNO4. The van der Waals surface area contributed by atoms with E-state index in [0.29, 0.717) is 12.8 Å². The van der Waals surface area contributed by atoms with E-state index in [0.717, 1.165) is 26.7 Å². The summed E-state index contributed by atoms with van der Waals surface area (Å²) in [5.74, 6) is -0.909. The second kappa shape index (κ2) is 10.2. The van der Waals surface area contributed by atoms with Gasteiger partial charge < -0.3 is 15.2 Å². The lowest BCUT2D eigenvalue weighted by molar-refractivity contribution is -0.137. The van der Waals surface area contributed by atoms with Gasteiger partial charge in [-0.05, 0) is 59.2 Å². The minimum atomic E-state index is -0.889. The average molecular weight is 508 g/mol. The van der Waals surface area contributed by atoms with Crippen LogP contribution in [0.25, 0.3) is 11.1 Å². The van der Waals surface area contributed by atoms with Gasteiger partial charge in [-0.15, -0.1) is 0 Å². The van der Waals surface area contributed by atoms with Crippen molar-refractivity contribution in [3.05, 3.63) is 93.5 Å². The van der Waals surface area contributed by atoms with Gasteiger partial charge in [0.25, 0.3) is 0 Å². The molecule has 0 bridgehead atoms. The molecule has 1 aliphatic rings. The third-order valence-electron chi connectivity index (χ3n) is 6.09. The number of rotatable bonds is 8. The summed E-state index contributed by atoms with van der Waals surface area (Å²) in [6.07, 6.45) is 0.293. The number of nitrogens with one attached hydrogen (secondary N) is 1. The molecule has 33 heavy (non-hydrogen) atoms. The quantitative estimate of drug-likeness (QED) is 0.387. The van der Waals surface area contributed by atoms with Crippen LogP contribution < -0.4 is 5.32 Å². The summed E-state index contributed by atoms with van der Waals surface area (Å²) in [4.78, 5) is 23.8. The second-order valence-corrected chi connectivity index (χ2v) is 9.24. The SMILES string of the molecule is Cc1ccc(CC(CCC(=O)O)NC(=O)OCC2c3ccccc3-c3ccccc32)cc1Br. The highest BCUT2D eigenvalue weighted by atomic mass is 79.9. The monoisotopic (exact) mass is 507 g/mol. The molecule has 5 nitrogen and oxygen atoms in total. The van der Waals surface area contributed by atoms with E-state index in [1.165, 1.54) is 11.1 Å². The van der Waals surface area contributed by atoms with Crippen molar-refractivity contribution in [3.63, 3.8) is 0 Å². The Labute approximate surface area is 201 Å². The molecule has 1 unspecified atom stereocenters. The van der Waals surface area contributed by atoms with Crippen molar-refractivity contribution in [2.75, 3.05) is 6.61 Å². The van der Waals surface area contributed by atoms with Crippen LogP contribution in [-0.4, -0.2) is 29.8 Å². The summed E-state index contributed by atoms with van der Waals surface area (Å²) < 4.78 is 6.64. The molecular weight excluding hydrogens is 482 g/mol. The molecule has 0 fully saturated rings. The fourth-order valence-electron chi connectivity index (χ4n) is 4.38. The Bertz CT molecular complexity index is 1130. The number of fused-ring (bicyclic) bond motifs is 3. The van der Waals surface area contributed by atoms with Gasteiger partial charge in [0.15, 0.2) is 0 Å². The number of carboxylic acid groups (broad SMARTS) is 1. The predicted octanol–water partition coefficient (Wildman–Crippen LogP) is 6.07. The van der Waals surface area contributed by atoms with Crippen LogP contribution in [-0.2, 0) is 16.0 Å². The fourth-order valence-corrected chi connectivity index (χ4v) is 4.80. The van der Waals surface area contributed by atoms with Crippen LogP contribution in [0.1, 0.15) is 41.0 Å². The normalized spacial score (nSPS) is 13.2. The lowest BCUT2D eigenvalue weighted by Gasteiger charge is -2.20. The Balaban J connectivity index is 1.43. The third-order valence-corrected chi connectivity index (χ3v) is 6.95. The Kier molecular flexibility index (Phi) is 7.14. The highest BCUT2D eigenvalue weighted by molar-refractivity contribution is 9.10. The molecule has 0 spiro atoms. The van der Waals surface area contributed by atoms with Crippen molar-refractivity contribution in [2.24, 2.45) is 0 Å². The van der Waals surface area contributed by atoms with Crippen LogP contribution in [0.5, 0.6) is 0 Å². The molecule has 3 aromatic rings. The van der Waals surface area contributed by atoms with Crippen molar-refractivity contribution >= 4 is 28.0 Å². The minimum Gasteiger partial charge on any atom is -0.481 e. The molecule has 1 aliphatic carbocycles. The fraction of sp³-hybridized carbons (Fsp3) is 0.259. The average Bonchev–Trinajstić information content (AvgIpc) is 3.12. The first kappa shape index (κ1) is 23.1. The van der Waals surface area contributed by atoms with E-state index in [2.05, 4.69) is 45.5 Å². The molecule has 0 aliphatic heterocycles. The van der Waals surface area contributed by atoms with Gasteiger partial charge in [-0.3, -0.25) is 4.79 Å². The number of alkyl carbamates (subject to hydrolysis) is 1. The Hall–Kier alpha value is -3.12. The molecule has 0 heterocycles. The Morgan fingerprint density at radius 2 is 1.67 bits per heavy atom. The van der Waals surface area contributed by atoms with Gasteiger partial charge in [0, 0.05) is 22.9 Å². The number of halogens is 1. The van der Waals surface area contributed by atoms with Crippen LogP contribution in [0.3, 0.4) is 0 Å². The largest absolute Gasteiger partial charge is 0.481 e. The van der Waals surface area contributed by atoms with Gasteiger partial charge in [0.05, 0.1) is 0 Å². The summed E-state index contributed by atoms with van der Waals surface area (Å²) in [7, 11) is 0. The molecule has 0 aromatic heterocycles. The first-order valence-electron chi connectivity index (χ1n) is 11.0. The number of hydrogen-bond acceptors (Lipinski definition) is 3. The molecule has 1 atom stereocenters. The molecule has 0 saturated carbocycles. The number of carboxylic acids is 1. The Morgan fingerprint density at radius 1 is 1.03 bits per heavy atom. The van der Waals surface area contributed by atoms with E-state index in [-0.39, 0.29) is 25.0 Å². The van der Waals surface area contributed by atoms with E-state index in [1.54, 1.807) is 0 Å². The smallest absolute Gasteiger partial charge is 0.407 e. The highest BCUT2D eigenvalue weighted by Gasteiger charge is 2.29. The van der Waals surface area contributed by atoms with Crippen LogP contribution in [0, 0.1) is 6.92 Å². The van der Waals surface area contributed by atoms with Crippen LogP contribution >= 0.6 is 15.9 Å².